The van der Waals surface area contributed by atoms with Crippen LogP contribution >= 0.6 is 0 Å². The number of carbonyl (C=O) groups is 2. The second kappa shape index (κ2) is 7.94. The molecular weight excluding hydrogens is 345 g/mol. The lowest BCUT2D eigenvalue weighted by atomic mass is 9.77. The van der Waals surface area contributed by atoms with Crippen LogP contribution in [0.5, 0.6) is 5.75 Å². The smallest absolute Gasteiger partial charge is 0.480 e. The van der Waals surface area contributed by atoms with Gasteiger partial charge in [0.05, 0.1) is 5.56 Å². The number of amides is 1. The lowest BCUT2D eigenvalue weighted by molar-refractivity contribution is -0.125. The number of aryl methyl sites for hydroxylation is 1. The van der Waals surface area contributed by atoms with Crippen molar-refractivity contribution in [3.8, 4) is 5.75 Å². The first-order chi connectivity index (χ1) is 12.9. The molecule has 2 aromatic rings. The maximum absolute atomic E-state index is 13.1. The van der Waals surface area contributed by atoms with Crippen LogP contribution in [-0.2, 0) is 11.2 Å². The van der Waals surface area contributed by atoms with E-state index >= 15 is 0 Å². The molecule has 1 aliphatic heterocycles. The van der Waals surface area contributed by atoms with Gasteiger partial charge in [0, 0.05) is 11.7 Å². The van der Waals surface area contributed by atoms with Gasteiger partial charge in [-0.1, -0.05) is 30.3 Å². The van der Waals surface area contributed by atoms with Crippen LogP contribution in [0.3, 0.4) is 0 Å². The zero-order valence-corrected chi connectivity index (χ0v) is 15.3. The highest BCUT2D eigenvalue weighted by molar-refractivity contribution is 6.60. The number of para-hydroxylation sites is 1. The maximum atomic E-state index is 13.1. The van der Waals surface area contributed by atoms with Crippen molar-refractivity contribution in [1.82, 2.24) is 0 Å². The molecule has 2 unspecified atom stereocenters. The van der Waals surface area contributed by atoms with Gasteiger partial charge in [0.15, 0.2) is 12.4 Å². The van der Waals surface area contributed by atoms with Crippen LogP contribution < -0.4 is 15.1 Å². The van der Waals surface area contributed by atoms with E-state index in [-0.39, 0.29) is 28.7 Å². The predicted octanol–water partition coefficient (Wildman–Crippen LogP) is 1.31. The number of aldehydes is 1. The van der Waals surface area contributed by atoms with Gasteiger partial charge in [-0.3, -0.25) is 9.59 Å². The van der Waals surface area contributed by atoms with Gasteiger partial charge in [-0.05, 0) is 49.8 Å². The quantitative estimate of drug-likeness (QED) is 0.615. The topological polar surface area (TPSA) is 87.1 Å². The summed E-state index contributed by atoms with van der Waals surface area (Å²) in [6, 6.07) is 12.4. The molecule has 0 saturated carbocycles. The summed E-state index contributed by atoms with van der Waals surface area (Å²) in [7, 11) is -1.80. The molecule has 0 radical (unpaired) electrons. The fraction of sp³-hybridized carbons (Fsp3) is 0.300. The lowest BCUT2D eigenvalue weighted by Gasteiger charge is -2.36. The molecule has 6 nitrogen and oxygen atoms in total. The molecule has 0 spiro atoms. The number of ether oxygens (including phenoxy) is 1. The Morgan fingerprint density at radius 2 is 2.00 bits per heavy atom. The number of carbonyl (C=O) groups excluding carboxylic acids is 2. The molecule has 2 atom stereocenters. The lowest BCUT2D eigenvalue weighted by Crippen LogP contribution is -2.48. The van der Waals surface area contributed by atoms with Gasteiger partial charge in [-0.2, -0.15) is 0 Å². The second-order valence-electron chi connectivity index (χ2n) is 6.74. The summed E-state index contributed by atoms with van der Waals surface area (Å²) in [6.07, 6.45) is 1.44. The predicted molar refractivity (Wildman–Crippen MR) is 103 cm³/mol. The van der Waals surface area contributed by atoms with Gasteiger partial charge in [-0.15, -0.1) is 0 Å². The van der Waals surface area contributed by atoms with Crippen LogP contribution in [0.4, 0.5) is 5.69 Å². The molecule has 2 N–H and O–H groups in total. The molecule has 140 valence electrons. The van der Waals surface area contributed by atoms with Crippen LogP contribution in [0, 0.1) is 0 Å². The largest absolute Gasteiger partial charge is 0.489 e. The molecule has 1 aliphatic rings. The van der Waals surface area contributed by atoms with E-state index in [2.05, 4.69) is 0 Å². The van der Waals surface area contributed by atoms with Crippen LogP contribution in [0.15, 0.2) is 42.5 Å². The molecule has 0 aliphatic carbocycles. The van der Waals surface area contributed by atoms with Crippen LogP contribution in [0.1, 0.15) is 36.2 Å². The molecule has 2 aromatic carbocycles. The highest BCUT2D eigenvalue weighted by atomic mass is 16.5. The van der Waals surface area contributed by atoms with E-state index in [1.165, 1.54) is 12.1 Å². The molecule has 0 bridgehead atoms. The van der Waals surface area contributed by atoms with Crippen molar-refractivity contribution in [1.29, 1.82) is 0 Å². The fourth-order valence-corrected chi connectivity index (χ4v) is 3.48. The van der Waals surface area contributed by atoms with E-state index in [9.17, 15) is 19.6 Å². The van der Waals surface area contributed by atoms with Crippen LogP contribution in [-0.4, -0.2) is 41.5 Å². The summed E-state index contributed by atoms with van der Waals surface area (Å²) in [5, 5.41) is 18.8. The Balaban J connectivity index is 1.87. The molecular formula is C20H22BNO5. The molecule has 1 heterocycles. The first-order valence-corrected chi connectivity index (χ1v) is 8.96. The average Bonchev–Trinajstić information content (AvgIpc) is 2.67. The summed E-state index contributed by atoms with van der Waals surface area (Å²) < 4.78 is 5.76. The highest BCUT2D eigenvalue weighted by Gasteiger charge is 2.32. The van der Waals surface area contributed by atoms with E-state index in [0.717, 1.165) is 24.1 Å². The maximum Gasteiger partial charge on any atom is 0.489 e. The molecule has 0 fully saturated rings. The van der Waals surface area contributed by atoms with Crippen LogP contribution in [0.2, 0.25) is 0 Å². The van der Waals surface area contributed by atoms with Crippen molar-refractivity contribution >= 4 is 30.5 Å². The third-order valence-corrected chi connectivity index (χ3v) is 4.91. The van der Waals surface area contributed by atoms with Crippen molar-refractivity contribution in [2.24, 2.45) is 0 Å². The Morgan fingerprint density at radius 1 is 1.26 bits per heavy atom. The Labute approximate surface area is 158 Å². The van der Waals surface area contributed by atoms with Crippen molar-refractivity contribution in [3.05, 3.63) is 53.6 Å². The van der Waals surface area contributed by atoms with Crippen LogP contribution in [0.25, 0.3) is 0 Å². The summed E-state index contributed by atoms with van der Waals surface area (Å²) in [6.45, 7) is 3.63. The first-order valence-electron chi connectivity index (χ1n) is 8.96. The molecule has 0 aromatic heterocycles. The van der Waals surface area contributed by atoms with E-state index in [1.807, 2.05) is 31.2 Å². The molecule has 1 amide bonds. The number of anilines is 1. The molecule has 0 saturated heterocycles. The third kappa shape index (κ3) is 3.75. The Kier molecular flexibility index (Phi) is 5.63. The van der Waals surface area contributed by atoms with Crippen molar-refractivity contribution < 1.29 is 24.4 Å². The average molecular weight is 367 g/mol. The first kappa shape index (κ1) is 19.1. The zero-order valence-electron chi connectivity index (χ0n) is 15.3. The SMILES string of the molecule is CC(Oc1cccc(B(O)O)c1C=O)C(=O)N1c2ccccc2CCC1C. The van der Waals surface area contributed by atoms with Gasteiger partial charge in [-0.25, -0.2) is 0 Å². The summed E-state index contributed by atoms with van der Waals surface area (Å²) in [5.74, 6) is -0.0594. The number of hydrogen-bond donors (Lipinski definition) is 2. The highest BCUT2D eigenvalue weighted by Crippen LogP contribution is 2.31. The Morgan fingerprint density at radius 3 is 2.70 bits per heavy atom. The van der Waals surface area contributed by atoms with Crippen molar-refractivity contribution in [2.75, 3.05) is 4.90 Å². The fourth-order valence-electron chi connectivity index (χ4n) is 3.48. The number of nitrogens with zero attached hydrogens (tertiary/aromatic N) is 1. The minimum absolute atomic E-state index is 0.0271. The molecule has 7 heteroatoms. The van der Waals surface area contributed by atoms with Crippen molar-refractivity contribution in [3.63, 3.8) is 0 Å². The summed E-state index contributed by atoms with van der Waals surface area (Å²) in [5.41, 5.74) is 2.07. The monoisotopic (exact) mass is 367 g/mol. The number of benzene rings is 2. The van der Waals surface area contributed by atoms with E-state index < -0.39 is 13.2 Å². The standard InChI is InChI=1S/C20H22BNO5/c1-13-10-11-15-6-3-4-8-18(15)22(13)20(24)14(2)27-19-9-5-7-17(21(25)26)16(19)12-23/h3-9,12-14,25-26H,10-11H2,1-2H3. The van der Waals surface area contributed by atoms with Gasteiger partial charge in [0.1, 0.15) is 5.75 Å². The molecule has 3 rings (SSSR count). The van der Waals surface area contributed by atoms with Gasteiger partial charge in [0.25, 0.3) is 5.91 Å². The minimum atomic E-state index is -1.80. The Bertz CT molecular complexity index is 854. The normalized spacial score (nSPS) is 17.0. The van der Waals surface area contributed by atoms with E-state index in [4.69, 9.17) is 4.74 Å². The van der Waals surface area contributed by atoms with Gasteiger partial charge in [0.2, 0.25) is 0 Å². The van der Waals surface area contributed by atoms with E-state index in [1.54, 1.807) is 17.9 Å². The molecule has 27 heavy (non-hydrogen) atoms. The third-order valence-electron chi connectivity index (χ3n) is 4.91. The van der Waals surface area contributed by atoms with Gasteiger partial charge >= 0.3 is 7.12 Å². The Hall–Kier alpha value is -2.64. The number of rotatable bonds is 5. The minimum Gasteiger partial charge on any atom is -0.480 e. The number of hydrogen-bond acceptors (Lipinski definition) is 5. The second-order valence-corrected chi connectivity index (χ2v) is 6.74. The van der Waals surface area contributed by atoms with Gasteiger partial charge < -0.3 is 19.7 Å². The number of fused-ring (bicyclic) bond motifs is 1. The zero-order chi connectivity index (χ0) is 19.6. The summed E-state index contributed by atoms with van der Waals surface area (Å²) >= 11 is 0. The van der Waals surface area contributed by atoms with E-state index in [0.29, 0.717) is 6.29 Å². The van der Waals surface area contributed by atoms with Crippen molar-refractivity contribution in [2.45, 2.75) is 38.8 Å². The summed E-state index contributed by atoms with van der Waals surface area (Å²) in [4.78, 5) is 26.3.